The topological polar surface area (TPSA) is 66.5 Å². The molecule has 0 aliphatic rings. The van der Waals surface area contributed by atoms with Crippen molar-refractivity contribution in [3.05, 3.63) is 65.2 Å². The molecule has 134 valence electrons. The van der Waals surface area contributed by atoms with Crippen molar-refractivity contribution in [2.75, 3.05) is 13.1 Å². The number of aryl methyl sites for hydroxylation is 1. The summed E-state index contributed by atoms with van der Waals surface area (Å²) in [5, 5.41) is 0. The van der Waals surface area contributed by atoms with Gasteiger partial charge in [-0.1, -0.05) is 30.3 Å². The van der Waals surface area contributed by atoms with Gasteiger partial charge in [0.1, 0.15) is 0 Å². The van der Waals surface area contributed by atoms with Gasteiger partial charge < -0.3 is 4.90 Å². The van der Waals surface area contributed by atoms with Crippen LogP contribution < -0.4 is 4.72 Å². The van der Waals surface area contributed by atoms with E-state index in [1.54, 1.807) is 17.0 Å². The van der Waals surface area contributed by atoms with Gasteiger partial charge in [0.15, 0.2) is 0 Å². The fourth-order valence-electron chi connectivity index (χ4n) is 2.55. The molecule has 0 heterocycles. The van der Waals surface area contributed by atoms with E-state index in [2.05, 4.69) is 4.72 Å². The molecular formula is C19H24N2O3S. The predicted molar refractivity (Wildman–Crippen MR) is 98.9 cm³/mol. The maximum absolute atomic E-state index is 12.6. The Labute approximate surface area is 149 Å². The van der Waals surface area contributed by atoms with Crippen LogP contribution >= 0.6 is 0 Å². The zero-order valence-corrected chi connectivity index (χ0v) is 15.6. The molecule has 2 rings (SSSR count). The van der Waals surface area contributed by atoms with E-state index in [0.717, 1.165) is 11.1 Å². The third kappa shape index (κ3) is 4.67. The van der Waals surface area contributed by atoms with E-state index in [0.29, 0.717) is 18.7 Å². The quantitative estimate of drug-likeness (QED) is 0.825. The molecule has 0 bridgehead atoms. The molecule has 0 unspecified atom stereocenters. The Bertz CT molecular complexity index is 843. The van der Waals surface area contributed by atoms with Crippen molar-refractivity contribution in [3.8, 4) is 0 Å². The fraction of sp³-hybridized carbons (Fsp3) is 0.316. The molecule has 0 radical (unpaired) electrons. The molecule has 2 aromatic carbocycles. The highest BCUT2D eigenvalue weighted by Gasteiger charge is 2.18. The number of hydrogen-bond donors (Lipinski definition) is 1. The summed E-state index contributed by atoms with van der Waals surface area (Å²) in [7, 11) is -3.69. The second-order valence-corrected chi connectivity index (χ2v) is 7.52. The molecule has 0 aromatic heterocycles. The third-order valence-corrected chi connectivity index (χ3v) is 5.55. The monoisotopic (exact) mass is 360 g/mol. The summed E-state index contributed by atoms with van der Waals surface area (Å²) in [6.07, 6.45) is 0. The van der Waals surface area contributed by atoms with Crippen molar-refractivity contribution in [1.29, 1.82) is 0 Å². The zero-order valence-electron chi connectivity index (χ0n) is 14.8. The van der Waals surface area contributed by atoms with Gasteiger partial charge in [-0.2, -0.15) is 0 Å². The average Bonchev–Trinajstić information content (AvgIpc) is 2.62. The SMILES string of the molecule is CCN(CC)C(=O)c1cccc(S(=O)(=O)NCc2ccccc2C)c1. The summed E-state index contributed by atoms with van der Waals surface area (Å²) in [6.45, 7) is 7.10. The Kier molecular flexibility index (Phi) is 6.33. The van der Waals surface area contributed by atoms with Crippen molar-refractivity contribution in [2.24, 2.45) is 0 Å². The second kappa shape index (κ2) is 8.27. The van der Waals surface area contributed by atoms with Gasteiger partial charge in [0.05, 0.1) is 4.90 Å². The Morgan fingerprint density at radius 3 is 2.36 bits per heavy atom. The van der Waals surface area contributed by atoms with Crippen LogP contribution in [0.2, 0.25) is 0 Å². The molecule has 1 N–H and O–H groups in total. The normalized spacial score (nSPS) is 11.3. The summed E-state index contributed by atoms with van der Waals surface area (Å²) in [5.41, 5.74) is 2.32. The summed E-state index contributed by atoms with van der Waals surface area (Å²) in [6, 6.07) is 13.8. The first kappa shape index (κ1) is 19.1. The molecule has 0 aliphatic carbocycles. The van der Waals surface area contributed by atoms with Crippen LogP contribution in [0.15, 0.2) is 53.4 Å². The van der Waals surface area contributed by atoms with Crippen LogP contribution in [0.3, 0.4) is 0 Å². The number of nitrogens with one attached hydrogen (secondary N) is 1. The molecule has 0 spiro atoms. The van der Waals surface area contributed by atoms with Crippen LogP contribution in [0.1, 0.15) is 35.3 Å². The van der Waals surface area contributed by atoms with E-state index in [1.807, 2.05) is 45.0 Å². The van der Waals surface area contributed by atoms with Crippen LogP contribution in [0.25, 0.3) is 0 Å². The number of hydrogen-bond acceptors (Lipinski definition) is 3. The predicted octanol–water partition coefficient (Wildman–Crippen LogP) is 2.96. The lowest BCUT2D eigenvalue weighted by atomic mass is 10.1. The lowest BCUT2D eigenvalue weighted by molar-refractivity contribution is 0.0772. The average molecular weight is 360 g/mol. The molecule has 0 atom stereocenters. The van der Waals surface area contributed by atoms with E-state index < -0.39 is 10.0 Å². The molecule has 0 aliphatic heterocycles. The van der Waals surface area contributed by atoms with Crippen LogP contribution in [0.4, 0.5) is 0 Å². The van der Waals surface area contributed by atoms with E-state index in [1.165, 1.54) is 12.1 Å². The minimum Gasteiger partial charge on any atom is -0.339 e. The van der Waals surface area contributed by atoms with Gasteiger partial charge in [0, 0.05) is 25.2 Å². The summed E-state index contributed by atoms with van der Waals surface area (Å²) in [5.74, 6) is -0.166. The third-order valence-electron chi connectivity index (χ3n) is 4.16. The first-order valence-electron chi connectivity index (χ1n) is 8.32. The Morgan fingerprint density at radius 2 is 1.72 bits per heavy atom. The first-order chi connectivity index (χ1) is 11.9. The minimum atomic E-state index is -3.69. The maximum Gasteiger partial charge on any atom is 0.253 e. The molecule has 0 saturated carbocycles. The van der Waals surface area contributed by atoms with Crippen LogP contribution in [-0.4, -0.2) is 32.3 Å². The van der Waals surface area contributed by atoms with Crippen molar-refractivity contribution >= 4 is 15.9 Å². The summed E-state index contributed by atoms with van der Waals surface area (Å²) in [4.78, 5) is 14.2. The van der Waals surface area contributed by atoms with Crippen LogP contribution in [0.5, 0.6) is 0 Å². The van der Waals surface area contributed by atoms with Crippen LogP contribution in [0, 0.1) is 6.92 Å². The Morgan fingerprint density at radius 1 is 1.04 bits per heavy atom. The molecule has 0 fully saturated rings. The van der Waals surface area contributed by atoms with E-state index >= 15 is 0 Å². The largest absolute Gasteiger partial charge is 0.339 e. The van der Waals surface area contributed by atoms with Gasteiger partial charge in [0.25, 0.3) is 5.91 Å². The number of nitrogens with zero attached hydrogens (tertiary/aromatic N) is 1. The van der Waals surface area contributed by atoms with Crippen molar-refractivity contribution in [3.63, 3.8) is 0 Å². The van der Waals surface area contributed by atoms with Crippen molar-refractivity contribution < 1.29 is 13.2 Å². The highest BCUT2D eigenvalue weighted by molar-refractivity contribution is 7.89. The highest BCUT2D eigenvalue weighted by Crippen LogP contribution is 2.15. The molecule has 2 aromatic rings. The van der Waals surface area contributed by atoms with Gasteiger partial charge in [-0.15, -0.1) is 0 Å². The first-order valence-corrected chi connectivity index (χ1v) is 9.80. The number of sulfonamides is 1. The summed E-state index contributed by atoms with van der Waals surface area (Å²) < 4.78 is 27.7. The second-order valence-electron chi connectivity index (χ2n) is 5.76. The molecule has 0 saturated heterocycles. The van der Waals surface area contributed by atoms with Gasteiger partial charge in [0.2, 0.25) is 10.0 Å². The van der Waals surface area contributed by atoms with Crippen LogP contribution in [-0.2, 0) is 16.6 Å². The van der Waals surface area contributed by atoms with Gasteiger partial charge in [-0.25, -0.2) is 13.1 Å². The lowest BCUT2D eigenvalue weighted by Crippen LogP contribution is -2.30. The lowest BCUT2D eigenvalue weighted by Gasteiger charge is -2.19. The van der Waals surface area contributed by atoms with E-state index in [9.17, 15) is 13.2 Å². The summed E-state index contributed by atoms with van der Waals surface area (Å²) >= 11 is 0. The molecule has 6 heteroatoms. The maximum atomic E-state index is 12.6. The van der Waals surface area contributed by atoms with Gasteiger partial charge in [-0.3, -0.25) is 4.79 Å². The molecule has 25 heavy (non-hydrogen) atoms. The molecule has 5 nitrogen and oxygen atoms in total. The smallest absolute Gasteiger partial charge is 0.253 e. The van der Waals surface area contributed by atoms with Gasteiger partial charge in [-0.05, 0) is 50.1 Å². The number of rotatable bonds is 7. The fourth-order valence-corrected chi connectivity index (χ4v) is 3.61. The van der Waals surface area contributed by atoms with Crippen molar-refractivity contribution in [2.45, 2.75) is 32.2 Å². The van der Waals surface area contributed by atoms with Gasteiger partial charge >= 0.3 is 0 Å². The van der Waals surface area contributed by atoms with E-state index in [4.69, 9.17) is 0 Å². The Balaban J connectivity index is 2.21. The van der Waals surface area contributed by atoms with E-state index in [-0.39, 0.29) is 17.3 Å². The number of amides is 1. The molecular weight excluding hydrogens is 336 g/mol. The minimum absolute atomic E-state index is 0.0964. The Hall–Kier alpha value is -2.18. The highest BCUT2D eigenvalue weighted by atomic mass is 32.2. The number of carbonyl (C=O) groups excluding carboxylic acids is 1. The molecule has 1 amide bonds. The standard InChI is InChI=1S/C19H24N2O3S/c1-4-21(5-2)19(22)16-11-8-12-18(13-16)25(23,24)20-14-17-10-7-6-9-15(17)3/h6-13,20H,4-5,14H2,1-3H3. The van der Waals surface area contributed by atoms with Crippen molar-refractivity contribution in [1.82, 2.24) is 9.62 Å². The zero-order chi connectivity index (χ0) is 18.4. The number of carbonyl (C=O) groups is 1. The number of benzene rings is 2.